The summed E-state index contributed by atoms with van der Waals surface area (Å²) in [5, 5.41) is 0. The predicted molar refractivity (Wildman–Crippen MR) is 142 cm³/mol. The van der Waals surface area contributed by atoms with Gasteiger partial charge in [-0.25, -0.2) is 14.7 Å². The number of esters is 2. The minimum atomic E-state index is -0.920. The van der Waals surface area contributed by atoms with Crippen LogP contribution in [0.2, 0.25) is 0 Å². The highest BCUT2D eigenvalue weighted by Crippen LogP contribution is 2.36. The lowest BCUT2D eigenvalue weighted by molar-refractivity contribution is -0.139. The minimum absolute atomic E-state index is 0.104. The Bertz CT molecular complexity index is 1780. The van der Waals surface area contributed by atoms with Crippen molar-refractivity contribution in [1.82, 2.24) is 4.57 Å². The predicted octanol–water partition coefficient (Wildman–Crippen LogP) is 1.99. The van der Waals surface area contributed by atoms with E-state index in [0.29, 0.717) is 28.3 Å². The van der Waals surface area contributed by atoms with Crippen LogP contribution in [-0.4, -0.2) is 34.9 Å². The molecule has 11 heteroatoms. The van der Waals surface area contributed by atoms with Gasteiger partial charge in [-0.1, -0.05) is 41.7 Å². The van der Waals surface area contributed by atoms with Gasteiger partial charge in [-0.2, -0.15) is 0 Å². The molecule has 0 fully saturated rings. The average molecular weight is 546 g/mol. The fraction of sp³-hybridized carbons (Fsp3) is 0.214. The van der Waals surface area contributed by atoms with Crippen LogP contribution in [0.5, 0.6) is 5.75 Å². The normalized spacial score (nSPS) is 17.4. The van der Waals surface area contributed by atoms with Crippen molar-refractivity contribution >= 4 is 46.4 Å². The van der Waals surface area contributed by atoms with E-state index in [4.69, 9.17) is 9.47 Å². The zero-order valence-electron chi connectivity index (χ0n) is 21.5. The van der Waals surface area contributed by atoms with Crippen LogP contribution >= 0.6 is 11.3 Å². The second kappa shape index (κ2) is 9.91. The van der Waals surface area contributed by atoms with E-state index in [1.54, 1.807) is 62.4 Å². The van der Waals surface area contributed by atoms with Crippen molar-refractivity contribution in [3.63, 3.8) is 0 Å². The number of nitrogens with zero attached hydrogens (tertiary/aromatic N) is 3. The molecule has 3 heterocycles. The number of thiazole rings is 1. The van der Waals surface area contributed by atoms with Crippen molar-refractivity contribution in [3.8, 4) is 5.75 Å². The second-order valence-electron chi connectivity index (χ2n) is 8.84. The van der Waals surface area contributed by atoms with Gasteiger partial charge < -0.3 is 9.47 Å². The summed E-state index contributed by atoms with van der Waals surface area (Å²) in [5.74, 6) is -1.88. The Morgan fingerprint density at radius 2 is 1.72 bits per heavy atom. The van der Waals surface area contributed by atoms with Crippen molar-refractivity contribution in [2.45, 2.75) is 33.7 Å². The van der Waals surface area contributed by atoms with Crippen molar-refractivity contribution < 1.29 is 28.7 Å². The number of rotatable bonds is 4. The molecule has 0 spiro atoms. The molecule has 0 unspecified atom stereocenters. The van der Waals surface area contributed by atoms with Crippen molar-refractivity contribution in [2.75, 3.05) is 11.5 Å². The summed E-state index contributed by atoms with van der Waals surface area (Å²) >= 11 is 1.01. The molecule has 1 atom stereocenters. The van der Waals surface area contributed by atoms with Gasteiger partial charge in [-0.15, -0.1) is 0 Å². The first-order chi connectivity index (χ1) is 18.6. The van der Waals surface area contributed by atoms with Gasteiger partial charge in [0.25, 0.3) is 11.5 Å². The van der Waals surface area contributed by atoms with E-state index in [2.05, 4.69) is 4.99 Å². The lowest BCUT2D eigenvalue weighted by atomic mass is 9.96. The third kappa shape index (κ3) is 4.30. The maximum Gasteiger partial charge on any atom is 0.338 e. The Labute approximate surface area is 226 Å². The molecule has 2 aromatic carbocycles. The van der Waals surface area contributed by atoms with Crippen LogP contribution in [0.15, 0.2) is 69.6 Å². The molecule has 10 nitrogen and oxygen atoms in total. The summed E-state index contributed by atoms with van der Waals surface area (Å²) in [6.07, 6.45) is 0. The van der Waals surface area contributed by atoms with Crippen LogP contribution in [0.4, 0.5) is 5.69 Å². The molecule has 0 saturated heterocycles. The van der Waals surface area contributed by atoms with Crippen molar-refractivity contribution in [2.24, 2.45) is 4.99 Å². The van der Waals surface area contributed by atoms with Gasteiger partial charge in [0.15, 0.2) is 4.80 Å². The van der Waals surface area contributed by atoms with Gasteiger partial charge in [0.05, 0.1) is 35.2 Å². The molecule has 2 amide bonds. The smallest absolute Gasteiger partial charge is 0.338 e. The van der Waals surface area contributed by atoms with Crippen LogP contribution in [0.1, 0.15) is 44.9 Å². The van der Waals surface area contributed by atoms with Crippen molar-refractivity contribution in [3.05, 3.63) is 90.6 Å². The Morgan fingerprint density at radius 3 is 2.36 bits per heavy atom. The van der Waals surface area contributed by atoms with Gasteiger partial charge in [-0.3, -0.25) is 23.7 Å². The molecular formula is C28H23N3O7S. The van der Waals surface area contributed by atoms with E-state index < -0.39 is 35.4 Å². The lowest BCUT2D eigenvalue weighted by Crippen LogP contribution is -2.41. The maximum atomic E-state index is 14.1. The fourth-order valence-corrected chi connectivity index (χ4v) is 5.93. The molecule has 5 rings (SSSR count). The number of amides is 2. The van der Waals surface area contributed by atoms with Gasteiger partial charge in [-0.05, 0) is 37.6 Å². The summed E-state index contributed by atoms with van der Waals surface area (Å²) < 4.78 is 11.9. The largest absolute Gasteiger partial charge is 0.463 e. The molecule has 198 valence electrons. The molecule has 39 heavy (non-hydrogen) atoms. The minimum Gasteiger partial charge on any atom is -0.463 e. The summed E-state index contributed by atoms with van der Waals surface area (Å²) in [4.78, 5) is 70.2. The molecule has 2 aliphatic rings. The van der Waals surface area contributed by atoms with Crippen LogP contribution < -0.4 is 24.5 Å². The fourth-order valence-electron chi connectivity index (χ4n) is 4.79. The first-order valence-electron chi connectivity index (χ1n) is 12.1. The van der Waals surface area contributed by atoms with E-state index in [1.165, 1.54) is 18.4 Å². The number of imide groups is 1. The number of carbonyl (C=O) groups excluding carboxylic acids is 4. The molecule has 3 aromatic rings. The third-order valence-electron chi connectivity index (χ3n) is 6.32. The number of para-hydroxylation sites is 1. The monoisotopic (exact) mass is 545 g/mol. The number of fused-ring (bicyclic) bond motifs is 2. The molecule has 0 saturated carbocycles. The number of hydrogen-bond acceptors (Lipinski definition) is 9. The van der Waals surface area contributed by atoms with E-state index in [-0.39, 0.29) is 27.1 Å². The molecule has 2 aliphatic heterocycles. The SMILES string of the molecule is CCOC(=O)C1=C(C)N=c2sc(=C3C(=O)N(C(C)=O)c4ccccc43)c(=O)n2[C@H]1c1ccc(OC(C)=O)cc1. The maximum absolute atomic E-state index is 14.1. The molecular weight excluding hydrogens is 522 g/mol. The van der Waals surface area contributed by atoms with Crippen LogP contribution in [0.25, 0.3) is 5.57 Å². The topological polar surface area (TPSA) is 124 Å². The Kier molecular flexibility index (Phi) is 6.61. The number of hydrogen-bond donors (Lipinski definition) is 0. The number of anilines is 1. The zero-order valence-corrected chi connectivity index (χ0v) is 22.3. The van der Waals surface area contributed by atoms with Crippen LogP contribution in [0, 0.1) is 0 Å². The number of allylic oxidation sites excluding steroid dienone is 1. The summed E-state index contributed by atoms with van der Waals surface area (Å²) in [5.41, 5.74) is 1.51. The van der Waals surface area contributed by atoms with Gasteiger partial charge in [0, 0.05) is 19.4 Å². The Morgan fingerprint density at radius 1 is 1.03 bits per heavy atom. The highest BCUT2D eigenvalue weighted by atomic mass is 32.1. The van der Waals surface area contributed by atoms with Crippen molar-refractivity contribution in [1.29, 1.82) is 0 Å². The lowest BCUT2D eigenvalue weighted by Gasteiger charge is -2.24. The molecule has 1 aromatic heterocycles. The number of benzene rings is 2. The quantitative estimate of drug-likeness (QED) is 0.363. The highest BCUT2D eigenvalue weighted by molar-refractivity contribution is 7.07. The zero-order chi connectivity index (χ0) is 28.0. The summed E-state index contributed by atoms with van der Waals surface area (Å²) in [7, 11) is 0. The number of carbonyl (C=O) groups is 4. The second-order valence-corrected chi connectivity index (χ2v) is 9.81. The van der Waals surface area contributed by atoms with Gasteiger partial charge >= 0.3 is 11.9 Å². The van der Waals surface area contributed by atoms with Crippen LogP contribution in [-0.2, 0) is 23.9 Å². The van der Waals surface area contributed by atoms with E-state index in [1.807, 2.05) is 0 Å². The van der Waals surface area contributed by atoms with E-state index in [9.17, 15) is 24.0 Å². The average Bonchev–Trinajstić information content (AvgIpc) is 3.35. The molecule has 0 aliphatic carbocycles. The first kappa shape index (κ1) is 26.0. The standard InChI is InChI=1S/C28H23N3O7S/c1-5-37-27(36)21-14(2)29-28-31(23(21)17-10-12-18(13-11-17)38-16(4)33)26(35)24(39-28)22-19-8-6-7-9-20(19)30(15(3)32)25(22)34/h6-13,23H,5H2,1-4H3/t23-/m0/s1. The summed E-state index contributed by atoms with van der Waals surface area (Å²) in [6, 6.07) is 12.3. The Hall–Kier alpha value is -4.64. The third-order valence-corrected chi connectivity index (χ3v) is 7.38. The van der Waals surface area contributed by atoms with Gasteiger partial charge in [0.1, 0.15) is 10.3 Å². The van der Waals surface area contributed by atoms with E-state index in [0.717, 1.165) is 16.2 Å². The molecule has 0 radical (unpaired) electrons. The highest BCUT2D eigenvalue weighted by Gasteiger charge is 2.38. The Balaban J connectivity index is 1.78. The first-order valence-corrected chi connectivity index (χ1v) is 12.9. The van der Waals surface area contributed by atoms with E-state index >= 15 is 0 Å². The van der Waals surface area contributed by atoms with Gasteiger partial charge in [0.2, 0.25) is 5.91 Å². The summed E-state index contributed by atoms with van der Waals surface area (Å²) in [6.45, 7) is 6.02. The molecule has 0 bridgehead atoms. The number of aromatic nitrogens is 1. The number of ether oxygens (including phenoxy) is 2. The van der Waals surface area contributed by atoms with Crippen LogP contribution in [0.3, 0.4) is 0 Å². The molecule has 0 N–H and O–H groups in total.